The van der Waals surface area contributed by atoms with Gasteiger partial charge in [0.1, 0.15) is 5.75 Å². The first-order chi connectivity index (χ1) is 7.49. The second kappa shape index (κ2) is 5.35. The van der Waals surface area contributed by atoms with Crippen LogP contribution in [0.25, 0.3) is 6.08 Å². The quantitative estimate of drug-likeness (QED) is 0.793. The second-order valence-corrected chi connectivity index (χ2v) is 3.88. The van der Waals surface area contributed by atoms with Crippen molar-refractivity contribution in [3.8, 4) is 5.75 Å². The number of carboxylic acid groups (broad SMARTS) is 1. The SMILES string of the molecule is Cc1ccc(OC(C)C)c(C=CC(=O)O)c1. The van der Waals surface area contributed by atoms with E-state index < -0.39 is 5.97 Å². The number of hydrogen-bond donors (Lipinski definition) is 1. The highest BCUT2D eigenvalue weighted by Crippen LogP contribution is 2.22. The van der Waals surface area contributed by atoms with E-state index in [0.29, 0.717) is 5.75 Å². The maximum absolute atomic E-state index is 10.5. The molecule has 86 valence electrons. The molecule has 3 heteroatoms. The van der Waals surface area contributed by atoms with E-state index in [2.05, 4.69) is 0 Å². The Kier molecular flexibility index (Phi) is 4.11. The first-order valence-electron chi connectivity index (χ1n) is 5.17. The molecule has 0 amide bonds. The number of ether oxygens (including phenoxy) is 1. The van der Waals surface area contributed by atoms with Crippen molar-refractivity contribution in [2.24, 2.45) is 0 Å². The first kappa shape index (κ1) is 12.3. The van der Waals surface area contributed by atoms with Gasteiger partial charge in [0.25, 0.3) is 0 Å². The molecule has 0 aliphatic carbocycles. The van der Waals surface area contributed by atoms with Crippen molar-refractivity contribution in [2.75, 3.05) is 0 Å². The zero-order valence-electron chi connectivity index (χ0n) is 9.73. The predicted octanol–water partition coefficient (Wildman–Crippen LogP) is 2.88. The van der Waals surface area contributed by atoms with Crippen LogP contribution in [0.4, 0.5) is 0 Å². The lowest BCUT2D eigenvalue weighted by atomic mass is 10.1. The third-order valence-electron chi connectivity index (χ3n) is 1.93. The highest BCUT2D eigenvalue weighted by Gasteiger charge is 2.03. The molecule has 1 rings (SSSR count). The van der Waals surface area contributed by atoms with Gasteiger partial charge in [-0.05, 0) is 39.0 Å². The van der Waals surface area contributed by atoms with Gasteiger partial charge in [-0.3, -0.25) is 0 Å². The largest absolute Gasteiger partial charge is 0.490 e. The van der Waals surface area contributed by atoms with Crippen LogP contribution < -0.4 is 4.74 Å². The zero-order valence-corrected chi connectivity index (χ0v) is 9.73. The van der Waals surface area contributed by atoms with E-state index in [0.717, 1.165) is 17.2 Å². The number of benzene rings is 1. The second-order valence-electron chi connectivity index (χ2n) is 3.88. The monoisotopic (exact) mass is 220 g/mol. The molecular weight excluding hydrogens is 204 g/mol. The molecule has 0 fully saturated rings. The lowest BCUT2D eigenvalue weighted by molar-refractivity contribution is -0.131. The first-order valence-corrected chi connectivity index (χ1v) is 5.17. The summed E-state index contributed by atoms with van der Waals surface area (Å²) < 4.78 is 5.59. The number of aryl methyl sites for hydroxylation is 1. The molecule has 0 aromatic heterocycles. The fourth-order valence-electron chi connectivity index (χ4n) is 1.32. The average molecular weight is 220 g/mol. The standard InChI is InChI=1S/C13H16O3/c1-9(2)16-12-6-4-10(3)8-11(12)5-7-13(14)15/h4-9H,1-3H3,(H,14,15). The van der Waals surface area contributed by atoms with E-state index in [4.69, 9.17) is 9.84 Å². The van der Waals surface area contributed by atoms with Gasteiger partial charge in [0.15, 0.2) is 0 Å². The molecule has 0 bridgehead atoms. The molecule has 0 saturated carbocycles. The molecule has 1 N–H and O–H groups in total. The van der Waals surface area contributed by atoms with E-state index in [1.54, 1.807) is 6.08 Å². The van der Waals surface area contributed by atoms with E-state index in [1.807, 2.05) is 39.0 Å². The van der Waals surface area contributed by atoms with E-state index in [9.17, 15) is 4.79 Å². The lowest BCUT2D eigenvalue weighted by Gasteiger charge is -2.12. The minimum Gasteiger partial charge on any atom is -0.490 e. The Morgan fingerprint density at radius 3 is 2.69 bits per heavy atom. The van der Waals surface area contributed by atoms with Crippen molar-refractivity contribution in [3.05, 3.63) is 35.4 Å². The molecule has 0 aliphatic heterocycles. The summed E-state index contributed by atoms with van der Waals surface area (Å²) in [5, 5.41) is 8.59. The Balaban J connectivity index is 3.03. The third kappa shape index (κ3) is 3.77. The summed E-state index contributed by atoms with van der Waals surface area (Å²) >= 11 is 0. The molecule has 3 nitrogen and oxygen atoms in total. The predicted molar refractivity (Wildman–Crippen MR) is 63.6 cm³/mol. The normalized spacial score (nSPS) is 11.0. The van der Waals surface area contributed by atoms with Crippen LogP contribution in [0.15, 0.2) is 24.3 Å². The summed E-state index contributed by atoms with van der Waals surface area (Å²) in [4.78, 5) is 10.5. The summed E-state index contributed by atoms with van der Waals surface area (Å²) in [7, 11) is 0. The topological polar surface area (TPSA) is 46.5 Å². The summed E-state index contributed by atoms with van der Waals surface area (Å²) in [6.07, 6.45) is 2.73. The van der Waals surface area contributed by atoms with Gasteiger partial charge in [-0.15, -0.1) is 0 Å². The highest BCUT2D eigenvalue weighted by atomic mass is 16.5. The van der Waals surface area contributed by atoms with Crippen molar-refractivity contribution in [3.63, 3.8) is 0 Å². The van der Waals surface area contributed by atoms with Gasteiger partial charge in [-0.25, -0.2) is 4.79 Å². The van der Waals surface area contributed by atoms with Crippen LogP contribution >= 0.6 is 0 Å². The summed E-state index contributed by atoms with van der Waals surface area (Å²) in [5.41, 5.74) is 1.86. The Labute approximate surface area is 95.4 Å². The number of rotatable bonds is 4. The minimum atomic E-state index is -0.961. The van der Waals surface area contributed by atoms with Crippen molar-refractivity contribution in [1.82, 2.24) is 0 Å². The van der Waals surface area contributed by atoms with Crippen molar-refractivity contribution >= 4 is 12.0 Å². The Hall–Kier alpha value is -1.77. The molecule has 0 spiro atoms. The molecule has 0 saturated heterocycles. The van der Waals surface area contributed by atoms with Crippen LogP contribution in [-0.2, 0) is 4.79 Å². The average Bonchev–Trinajstić information content (AvgIpc) is 2.17. The smallest absolute Gasteiger partial charge is 0.328 e. The zero-order chi connectivity index (χ0) is 12.1. The molecule has 0 heterocycles. The molecule has 0 radical (unpaired) electrons. The molecular formula is C13H16O3. The number of carbonyl (C=O) groups is 1. The van der Waals surface area contributed by atoms with Crippen LogP contribution in [0.1, 0.15) is 25.0 Å². The molecule has 1 aromatic rings. The van der Waals surface area contributed by atoms with Gasteiger partial charge < -0.3 is 9.84 Å². The van der Waals surface area contributed by atoms with Crippen molar-refractivity contribution in [2.45, 2.75) is 26.9 Å². The fraction of sp³-hybridized carbons (Fsp3) is 0.308. The van der Waals surface area contributed by atoms with Crippen LogP contribution in [-0.4, -0.2) is 17.2 Å². The maximum Gasteiger partial charge on any atom is 0.328 e. The Bertz CT molecular complexity index is 406. The Morgan fingerprint density at radius 1 is 1.44 bits per heavy atom. The number of hydrogen-bond acceptors (Lipinski definition) is 2. The summed E-state index contributed by atoms with van der Waals surface area (Å²) in [6.45, 7) is 5.83. The van der Waals surface area contributed by atoms with Crippen LogP contribution in [0.3, 0.4) is 0 Å². The van der Waals surface area contributed by atoms with Crippen molar-refractivity contribution in [1.29, 1.82) is 0 Å². The third-order valence-corrected chi connectivity index (χ3v) is 1.93. The van der Waals surface area contributed by atoms with Gasteiger partial charge in [0, 0.05) is 11.6 Å². The summed E-state index contributed by atoms with van der Waals surface area (Å²) in [5.74, 6) is -0.255. The van der Waals surface area contributed by atoms with Gasteiger partial charge in [0.05, 0.1) is 6.10 Å². The molecule has 0 atom stereocenters. The van der Waals surface area contributed by atoms with Gasteiger partial charge >= 0.3 is 5.97 Å². The van der Waals surface area contributed by atoms with Crippen LogP contribution in [0, 0.1) is 6.92 Å². The fourth-order valence-corrected chi connectivity index (χ4v) is 1.32. The van der Waals surface area contributed by atoms with Crippen molar-refractivity contribution < 1.29 is 14.6 Å². The summed E-state index contributed by atoms with van der Waals surface area (Å²) in [6, 6.07) is 5.70. The van der Waals surface area contributed by atoms with E-state index in [1.165, 1.54) is 0 Å². The number of aliphatic carboxylic acids is 1. The van der Waals surface area contributed by atoms with Gasteiger partial charge in [-0.1, -0.05) is 11.6 Å². The van der Waals surface area contributed by atoms with Crippen LogP contribution in [0.5, 0.6) is 5.75 Å². The number of carboxylic acids is 1. The highest BCUT2D eigenvalue weighted by molar-refractivity contribution is 5.85. The molecule has 1 aromatic carbocycles. The lowest BCUT2D eigenvalue weighted by Crippen LogP contribution is -2.06. The molecule has 0 unspecified atom stereocenters. The molecule has 16 heavy (non-hydrogen) atoms. The van der Waals surface area contributed by atoms with E-state index in [-0.39, 0.29) is 6.10 Å². The van der Waals surface area contributed by atoms with E-state index >= 15 is 0 Å². The minimum absolute atomic E-state index is 0.0692. The van der Waals surface area contributed by atoms with Crippen LogP contribution in [0.2, 0.25) is 0 Å². The Morgan fingerprint density at radius 2 is 2.12 bits per heavy atom. The van der Waals surface area contributed by atoms with Gasteiger partial charge in [-0.2, -0.15) is 0 Å². The van der Waals surface area contributed by atoms with Gasteiger partial charge in [0.2, 0.25) is 0 Å². The maximum atomic E-state index is 10.5. The molecule has 0 aliphatic rings.